The summed E-state index contributed by atoms with van der Waals surface area (Å²) < 4.78 is 48.8. The highest BCUT2D eigenvalue weighted by Gasteiger charge is 2.32. The third kappa shape index (κ3) is 15.7. The molecule has 2 N–H and O–H groups in total. The minimum atomic E-state index is -4.58. The predicted molar refractivity (Wildman–Crippen MR) is 183 cm³/mol. The van der Waals surface area contributed by atoms with Crippen molar-refractivity contribution in [3.05, 3.63) is 101 Å². The Kier molecular flexibility index (Phi) is 17.0. The number of aliphatic hydroxyl groups excluding tert-OH is 1. The summed E-state index contributed by atoms with van der Waals surface area (Å²) in [5.74, 6) is -1.60. The van der Waals surface area contributed by atoms with Gasteiger partial charge in [0.15, 0.2) is 0 Å². The molecular formula is C38H49F3N2O6. The second kappa shape index (κ2) is 20.3. The number of hydrogen-bond acceptors (Lipinski definition) is 7. The second-order valence-corrected chi connectivity index (χ2v) is 12.5. The molecule has 49 heavy (non-hydrogen) atoms. The summed E-state index contributed by atoms with van der Waals surface area (Å²) in [5.41, 5.74) is 1.89. The fourth-order valence-electron chi connectivity index (χ4n) is 5.19. The number of alkyl carbamates (subject to hydrolysis) is 1. The maximum Gasteiger partial charge on any atom is 0.433 e. The number of allylic oxidation sites excluding steroid dienone is 8. The van der Waals surface area contributed by atoms with Crippen LogP contribution in [0.1, 0.15) is 78.6 Å². The van der Waals surface area contributed by atoms with Gasteiger partial charge < -0.3 is 19.9 Å². The molecule has 0 saturated carbocycles. The zero-order valence-electron chi connectivity index (χ0n) is 29.1. The summed E-state index contributed by atoms with van der Waals surface area (Å²) in [6.45, 7) is 10.9. The minimum absolute atomic E-state index is 0.0468. The van der Waals surface area contributed by atoms with Gasteiger partial charge >= 0.3 is 18.2 Å². The van der Waals surface area contributed by atoms with E-state index in [1.165, 1.54) is 18.2 Å². The zero-order chi connectivity index (χ0) is 36.6. The van der Waals surface area contributed by atoms with Gasteiger partial charge in [0.25, 0.3) is 0 Å². The van der Waals surface area contributed by atoms with Crippen LogP contribution in [0, 0.1) is 17.8 Å². The highest BCUT2D eigenvalue weighted by atomic mass is 19.4. The summed E-state index contributed by atoms with van der Waals surface area (Å²) in [4.78, 5) is 39.9. The van der Waals surface area contributed by atoms with Gasteiger partial charge in [-0.2, -0.15) is 13.2 Å². The van der Waals surface area contributed by atoms with Crippen molar-refractivity contribution in [3.8, 4) is 0 Å². The largest absolute Gasteiger partial charge is 0.455 e. The zero-order valence-corrected chi connectivity index (χ0v) is 29.1. The number of rotatable bonds is 17. The molecule has 0 aromatic carbocycles. The van der Waals surface area contributed by atoms with Crippen molar-refractivity contribution >= 4 is 17.8 Å². The summed E-state index contributed by atoms with van der Waals surface area (Å²) in [5, 5.41) is 13.3. The van der Waals surface area contributed by atoms with E-state index in [0.29, 0.717) is 12.8 Å². The van der Waals surface area contributed by atoms with Crippen molar-refractivity contribution in [3.63, 3.8) is 0 Å². The number of nitrogens with one attached hydrogen (secondary N) is 1. The lowest BCUT2D eigenvalue weighted by atomic mass is 9.83. The number of cyclic esters (lactones) is 1. The Balaban J connectivity index is 1.74. The highest BCUT2D eigenvalue weighted by molar-refractivity contribution is 5.85. The Bertz CT molecular complexity index is 1460. The van der Waals surface area contributed by atoms with Crippen molar-refractivity contribution in [2.24, 2.45) is 17.8 Å². The Hall–Kier alpha value is -4.25. The lowest BCUT2D eigenvalue weighted by molar-refractivity contribution is -0.142. The van der Waals surface area contributed by atoms with Crippen LogP contribution in [0.3, 0.4) is 0 Å². The van der Waals surface area contributed by atoms with Gasteiger partial charge in [-0.15, -0.1) is 0 Å². The lowest BCUT2D eigenvalue weighted by Crippen LogP contribution is -2.34. The van der Waals surface area contributed by atoms with Crippen LogP contribution in [-0.2, 0) is 31.8 Å². The van der Waals surface area contributed by atoms with Gasteiger partial charge in [-0.05, 0) is 70.2 Å². The molecule has 0 spiro atoms. The fraction of sp³-hybridized carbons (Fsp3) is 0.474. The number of nitrogens with zero attached hydrogens (tertiary/aromatic N) is 1. The Morgan fingerprint density at radius 3 is 2.53 bits per heavy atom. The first-order chi connectivity index (χ1) is 23.1. The number of amides is 1. The molecule has 1 amide bonds. The van der Waals surface area contributed by atoms with E-state index >= 15 is 0 Å². The molecule has 0 fully saturated rings. The van der Waals surface area contributed by atoms with E-state index < -0.39 is 30.0 Å². The van der Waals surface area contributed by atoms with E-state index in [2.05, 4.69) is 22.5 Å². The van der Waals surface area contributed by atoms with Gasteiger partial charge in [-0.3, -0.25) is 4.79 Å². The molecule has 1 aliphatic rings. The monoisotopic (exact) mass is 686 g/mol. The van der Waals surface area contributed by atoms with Crippen LogP contribution in [0.15, 0.2) is 89.6 Å². The summed E-state index contributed by atoms with van der Waals surface area (Å²) in [6.07, 6.45) is 13.2. The molecule has 1 aromatic rings. The van der Waals surface area contributed by atoms with Crippen LogP contribution in [0.5, 0.6) is 0 Å². The third-order valence-electron chi connectivity index (χ3n) is 7.95. The van der Waals surface area contributed by atoms with Crippen molar-refractivity contribution in [2.75, 3.05) is 6.61 Å². The van der Waals surface area contributed by atoms with Crippen LogP contribution in [0.2, 0.25) is 0 Å². The fourth-order valence-corrected chi connectivity index (χ4v) is 5.19. The number of esters is 1. The molecule has 268 valence electrons. The van der Waals surface area contributed by atoms with E-state index in [1.807, 2.05) is 65.0 Å². The Morgan fingerprint density at radius 1 is 1.10 bits per heavy atom. The molecule has 5 atom stereocenters. The third-order valence-corrected chi connectivity index (χ3v) is 7.95. The van der Waals surface area contributed by atoms with Crippen molar-refractivity contribution < 1.29 is 42.1 Å². The summed E-state index contributed by atoms with van der Waals surface area (Å²) >= 11 is 0. The number of hydrogen-bond donors (Lipinski definition) is 2. The highest BCUT2D eigenvalue weighted by Crippen LogP contribution is 2.27. The Morgan fingerprint density at radius 2 is 1.84 bits per heavy atom. The maximum atomic E-state index is 13.1. The number of carbonyl (C=O) groups excluding carboxylic acids is 3. The number of alkyl halides is 3. The molecule has 11 heteroatoms. The van der Waals surface area contributed by atoms with Gasteiger partial charge in [0, 0.05) is 24.3 Å². The van der Waals surface area contributed by atoms with E-state index in [4.69, 9.17) is 9.47 Å². The molecule has 0 radical (unpaired) electrons. The number of aliphatic hydroxyl groups is 1. The first-order valence-electron chi connectivity index (χ1n) is 16.4. The maximum absolute atomic E-state index is 13.1. The van der Waals surface area contributed by atoms with Crippen molar-refractivity contribution in [1.29, 1.82) is 0 Å². The van der Waals surface area contributed by atoms with E-state index in [1.54, 1.807) is 13.0 Å². The average molecular weight is 687 g/mol. The first kappa shape index (κ1) is 40.9. The second-order valence-electron chi connectivity index (χ2n) is 12.5. The topological polar surface area (TPSA) is 115 Å². The van der Waals surface area contributed by atoms with Gasteiger partial charge in [-0.1, -0.05) is 80.0 Å². The van der Waals surface area contributed by atoms with E-state index in [0.717, 1.165) is 35.6 Å². The quantitative estimate of drug-likeness (QED) is 0.0736. The summed E-state index contributed by atoms with van der Waals surface area (Å²) in [7, 11) is 0. The lowest BCUT2D eigenvalue weighted by Gasteiger charge is -2.26. The molecule has 2 heterocycles. The van der Waals surface area contributed by atoms with Crippen molar-refractivity contribution in [1.82, 2.24) is 10.3 Å². The van der Waals surface area contributed by atoms with Crippen LogP contribution >= 0.6 is 0 Å². The van der Waals surface area contributed by atoms with Crippen LogP contribution < -0.4 is 5.32 Å². The van der Waals surface area contributed by atoms with Crippen molar-refractivity contribution in [2.45, 2.75) is 92.2 Å². The predicted octanol–water partition coefficient (Wildman–Crippen LogP) is 8.16. The molecule has 1 aromatic heterocycles. The van der Waals surface area contributed by atoms with Crippen LogP contribution in [0.25, 0.3) is 0 Å². The molecular weight excluding hydrogens is 637 g/mol. The van der Waals surface area contributed by atoms with Gasteiger partial charge in [0.2, 0.25) is 0 Å². The first-order valence-corrected chi connectivity index (χ1v) is 16.4. The number of ether oxygens (including phenoxy) is 2. The van der Waals surface area contributed by atoms with E-state index in [-0.39, 0.29) is 48.5 Å². The summed E-state index contributed by atoms with van der Waals surface area (Å²) in [6, 6.07) is 3.44. The van der Waals surface area contributed by atoms with E-state index in [9.17, 15) is 32.7 Å². The molecule has 0 bridgehead atoms. The SMILES string of the molecule is CC(=C/CC/C=C/C(C)=C/C(C)C(=O)C(C)C(O)C(C)C/C(C)=C/COC(=O)NCc1cccc(C(F)(F)F)n1)/C=C/C1CC=CC(=O)O1. The van der Waals surface area contributed by atoms with Gasteiger partial charge in [-0.25, -0.2) is 14.6 Å². The van der Waals surface area contributed by atoms with Gasteiger partial charge in [0.05, 0.1) is 18.3 Å². The molecule has 8 nitrogen and oxygen atoms in total. The normalized spacial score (nSPS) is 18.7. The number of unbranched alkanes of at least 4 members (excludes halogenated alkanes) is 1. The molecule has 0 aliphatic carbocycles. The number of Topliss-reactive ketones (excluding diaryl/α,β-unsaturated/α-hetero) is 1. The van der Waals surface area contributed by atoms with Crippen LogP contribution in [0.4, 0.5) is 18.0 Å². The number of halogens is 3. The smallest absolute Gasteiger partial charge is 0.433 e. The van der Waals surface area contributed by atoms with Gasteiger partial charge in [0.1, 0.15) is 24.2 Å². The standard InChI is InChI=1S/C38H49F3N2O6/c1-25(18-19-32-15-11-17-34(44)49-32)12-8-7-9-13-26(2)22-28(4)35(45)30(6)36(46)29(5)23-27(3)20-21-48-37(47)42-24-31-14-10-16-33(43-31)38(39,40)41/h9-14,16-20,22,28-30,32,36,46H,7-8,15,21,23-24H2,1-6H3,(H,42,47)/b13-9+,19-18+,25-12-,26-22+,27-20+. The Labute approximate surface area is 287 Å². The molecule has 0 saturated heterocycles. The average Bonchev–Trinajstić information content (AvgIpc) is 3.04. The number of carbonyl (C=O) groups is 3. The minimum Gasteiger partial charge on any atom is -0.455 e. The molecule has 1 aliphatic heterocycles. The number of pyridine rings is 1. The van der Waals surface area contributed by atoms with Crippen LogP contribution in [-0.4, -0.2) is 46.8 Å². The molecule has 2 rings (SSSR count). The number of ketones is 1. The molecule has 5 unspecified atom stereocenters. The number of aromatic nitrogens is 1.